The molecule has 0 fully saturated rings. The molecule has 2 rings (SSSR count). The van der Waals surface area contributed by atoms with E-state index in [1.165, 1.54) is 5.56 Å². The zero-order valence-corrected chi connectivity index (χ0v) is 10.3. The van der Waals surface area contributed by atoms with Crippen molar-refractivity contribution in [1.29, 1.82) is 0 Å². The lowest BCUT2D eigenvalue weighted by Gasteiger charge is -2.09. The van der Waals surface area contributed by atoms with Crippen LogP contribution in [0.5, 0.6) is 0 Å². The van der Waals surface area contributed by atoms with E-state index in [1.807, 2.05) is 16.8 Å². The summed E-state index contributed by atoms with van der Waals surface area (Å²) >= 11 is 0. The Morgan fingerprint density at radius 3 is 2.71 bits per heavy atom. The van der Waals surface area contributed by atoms with E-state index in [0.29, 0.717) is 6.54 Å². The first kappa shape index (κ1) is 11.8. The quantitative estimate of drug-likeness (QED) is 0.873. The maximum Gasteiger partial charge on any atom is 0.0999 e. The van der Waals surface area contributed by atoms with E-state index in [1.54, 1.807) is 0 Å². The predicted molar refractivity (Wildman–Crippen MR) is 68.0 cm³/mol. The van der Waals surface area contributed by atoms with Gasteiger partial charge in [0.15, 0.2) is 0 Å². The van der Waals surface area contributed by atoms with Gasteiger partial charge in [-0.1, -0.05) is 36.8 Å². The second-order valence-electron chi connectivity index (χ2n) is 4.14. The summed E-state index contributed by atoms with van der Waals surface area (Å²) in [6.07, 6.45) is 2.01. The summed E-state index contributed by atoms with van der Waals surface area (Å²) in [6, 6.07) is 8.18. The second kappa shape index (κ2) is 5.10. The van der Waals surface area contributed by atoms with Gasteiger partial charge in [-0.2, -0.15) is 0 Å². The van der Waals surface area contributed by atoms with Crippen molar-refractivity contribution in [2.24, 2.45) is 5.73 Å². The van der Waals surface area contributed by atoms with Gasteiger partial charge in [0.05, 0.1) is 17.1 Å². The molecule has 0 saturated carbocycles. The van der Waals surface area contributed by atoms with Crippen LogP contribution in [0.15, 0.2) is 24.3 Å². The summed E-state index contributed by atoms with van der Waals surface area (Å²) in [6.45, 7) is 4.67. The maximum absolute atomic E-state index is 5.69. The van der Waals surface area contributed by atoms with Gasteiger partial charge < -0.3 is 5.73 Å². The topological polar surface area (TPSA) is 56.7 Å². The van der Waals surface area contributed by atoms with Crippen LogP contribution in [-0.2, 0) is 13.0 Å². The highest BCUT2D eigenvalue weighted by Crippen LogP contribution is 2.17. The third-order valence-corrected chi connectivity index (χ3v) is 2.87. The van der Waals surface area contributed by atoms with Gasteiger partial charge in [-0.15, -0.1) is 5.10 Å². The molecule has 2 aromatic rings. The fraction of sp³-hybridized carbons (Fsp3) is 0.385. The van der Waals surface area contributed by atoms with Crippen LogP contribution in [0.3, 0.4) is 0 Å². The molecule has 90 valence electrons. The fourth-order valence-corrected chi connectivity index (χ4v) is 1.97. The molecule has 0 radical (unpaired) electrons. The summed E-state index contributed by atoms with van der Waals surface area (Å²) in [5.74, 6) is 0. The highest BCUT2D eigenvalue weighted by molar-refractivity contribution is 5.40. The Bertz CT molecular complexity index is 502. The second-order valence-corrected chi connectivity index (χ2v) is 4.14. The van der Waals surface area contributed by atoms with E-state index < -0.39 is 0 Å². The average molecular weight is 230 g/mol. The number of hydrogen-bond acceptors (Lipinski definition) is 3. The minimum absolute atomic E-state index is 0.446. The number of aryl methyl sites for hydroxylation is 1. The molecule has 0 atom stereocenters. The SMILES string of the molecule is CCCc1c(CN)nnn1-c1ccccc1C. The molecule has 1 aromatic heterocycles. The summed E-state index contributed by atoms with van der Waals surface area (Å²) in [5, 5.41) is 8.38. The molecule has 1 aromatic carbocycles. The standard InChI is InChI=1S/C13H18N4/c1-3-6-13-11(9-14)15-16-17(13)12-8-5-4-7-10(12)2/h4-5,7-8H,3,6,9,14H2,1-2H3. The van der Waals surface area contributed by atoms with Gasteiger partial charge in [-0.3, -0.25) is 0 Å². The largest absolute Gasteiger partial charge is 0.325 e. The maximum atomic E-state index is 5.69. The minimum Gasteiger partial charge on any atom is -0.325 e. The molecule has 17 heavy (non-hydrogen) atoms. The van der Waals surface area contributed by atoms with Crippen molar-refractivity contribution in [2.75, 3.05) is 0 Å². The van der Waals surface area contributed by atoms with Crippen molar-refractivity contribution in [3.05, 3.63) is 41.2 Å². The number of aromatic nitrogens is 3. The molecular weight excluding hydrogens is 212 g/mol. The highest BCUT2D eigenvalue weighted by atomic mass is 15.4. The lowest BCUT2D eigenvalue weighted by Crippen LogP contribution is -2.07. The molecule has 4 heteroatoms. The van der Waals surface area contributed by atoms with E-state index in [2.05, 4.69) is 36.3 Å². The Morgan fingerprint density at radius 2 is 2.06 bits per heavy atom. The van der Waals surface area contributed by atoms with Crippen molar-refractivity contribution in [2.45, 2.75) is 33.2 Å². The zero-order valence-electron chi connectivity index (χ0n) is 10.3. The van der Waals surface area contributed by atoms with Gasteiger partial charge in [-0.05, 0) is 25.0 Å². The lowest BCUT2D eigenvalue weighted by molar-refractivity contribution is 0.742. The zero-order chi connectivity index (χ0) is 12.3. The van der Waals surface area contributed by atoms with E-state index in [-0.39, 0.29) is 0 Å². The molecule has 2 N–H and O–H groups in total. The summed E-state index contributed by atoms with van der Waals surface area (Å²) < 4.78 is 1.92. The molecule has 0 unspecified atom stereocenters. The average Bonchev–Trinajstić information content (AvgIpc) is 2.73. The van der Waals surface area contributed by atoms with Crippen molar-refractivity contribution in [1.82, 2.24) is 15.0 Å². The Labute approximate surface area is 101 Å². The smallest absolute Gasteiger partial charge is 0.0999 e. The number of para-hydroxylation sites is 1. The van der Waals surface area contributed by atoms with E-state index in [9.17, 15) is 0 Å². The third-order valence-electron chi connectivity index (χ3n) is 2.87. The van der Waals surface area contributed by atoms with E-state index >= 15 is 0 Å². The number of hydrogen-bond donors (Lipinski definition) is 1. The Balaban J connectivity index is 2.52. The number of nitrogens with two attached hydrogens (primary N) is 1. The van der Waals surface area contributed by atoms with Crippen LogP contribution in [0.4, 0.5) is 0 Å². The molecule has 4 nitrogen and oxygen atoms in total. The van der Waals surface area contributed by atoms with Crippen molar-refractivity contribution in [3.63, 3.8) is 0 Å². The molecular formula is C13H18N4. The molecule has 0 aliphatic carbocycles. The van der Waals surface area contributed by atoms with Crippen LogP contribution >= 0.6 is 0 Å². The first-order chi connectivity index (χ1) is 8.27. The Kier molecular flexibility index (Phi) is 3.54. The van der Waals surface area contributed by atoms with Crippen LogP contribution < -0.4 is 5.73 Å². The summed E-state index contributed by atoms with van der Waals surface area (Å²) in [5.41, 5.74) is 10.0. The van der Waals surface area contributed by atoms with Gasteiger partial charge in [0, 0.05) is 6.54 Å². The fourth-order valence-electron chi connectivity index (χ4n) is 1.97. The van der Waals surface area contributed by atoms with Gasteiger partial charge in [0.1, 0.15) is 0 Å². The predicted octanol–water partition coefficient (Wildman–Crippen LogP) is 1.99. The monoisotopic (exact) mass is 230 g/mol. The van der Waals surface area contributed by atoms with Crippen LogP contribution in [0.2, 0.25) is 0 Å². The molecule has 0 bridgehead atoms. The number of rotatable bonds is 4. The molecule has 0 aliphatic rings. The summed E-state index contributed by atoms with van der Waals surface area (Å²) in [7, 11) is 0. The summed E-state index contributed by atoms with van der Waals surface area (Å²) in [4.78, 5) is 0. The van der Waals surface area contributed by atoms with E-state index in [0.717, 1.165) is 29.9 Å². The van der Waals surface area contributed by atoms with Gasteiger partial charge >= 0.3 is 0 Å². The first-order valence-corrected chi connectivity index (χ1v) is 5.97. The van der Waals surface area contributed by atoms with Crippen LogP contribution in [0.25, 0.3) is 5.69 Å². The van der Waals surface area contributed by atoms with Crippen LogP contribution in [0, 0.1) is 6.92 Å². The first-order valence-electron chi connectivity index (χ1n) is 5.97. The van der Waals surface area contributed by atoms with Gasteiger partial charge in [0.25, 0.3) is 0 Å². The lowest BCUT2D eigenvalue weighted by atomic mass is 10.1. The van der Waals surface area contributed by atoms with Crippen molar-refractivity contribution < 1.29 is 0 Å². The van der Waals surface area contributed by atoms with Gasteiger partial charge in [-0.25, -0.2) is 4.68 Å². The van der Waals surface area contributed by atoms with Crippen molar-refractivity contribution >= 4 is 0 Å². The molecule has 0 spiro atoms. The van der Waals surface area contributed by atoms with Crippen LogP contribution in [0.1, 0.15) is 30.3 Å². The third kappa shape index (κ3) is 2.22. The Hall–Kier alpha value is -1.68. The van der Waals surface area contributed by atoms with Crippen LogP contribution in [-0.4, -0.2) is 15.0 Å². The molecule has 0 amide bonds. The molecule has 1 heterocycles. The number of nitrogens with zero attached hydrogens (tertiary/aromatic N) is 3. The molecule has 0 saturated heterocycles. The molecule has 0 aliphatic heterocycles. The van der Waals surface area contributed by atoms with Gasteiger partial charge in [0.2, 0.25) is 0 Å². The highest BCUT2D eigenvalue weighted by Gasteiger charge is 2.13. The normalized spacial score (nSPS) is 10.8. The Morgan fingerprint density at radius 1 is 1.29 bits per heavy atom. The number of benzene rings is 1. The van der Waals surface area contributed by atoms with E-state index in [4.69, 9.17) is 5.73 Å². The minimum atomic E-state index is 0.446. The van der Waals surface area contributed by atoms with Crippen molar-refractivity contribution in [3.8, 4) is 5.69 Å².